The number of amides is 2. The van der Waals surface area contributed by atoms with E-state index in [1.165, 1.54) is 5.56 Å². The fourth-order valence-electron chi connectivity index (χ4n) is 3.29. The van der Waals surface area contributed by atoms with E-state index in [0.717, 1.165) is 37.1 Å². The van der Waals surface area contributed by atoms with Crippen LogP contribution in [-0.2, 0) is 22.6 Å². The van der Waals surface area contributed by atoms with Gasteiger partial charge >= 0.3 is 0 Å². The third-order valence-corrected chi connectivity index (χ3v) is 4.54. The van der Waals surface area contributed by atoms with Gasteiger partial charge in [-0.3, -0.25) is 14.3 Å². The summed E-state index contributed by atoms with van der Waals surface area (Å²) in [6.07, 6.45) is 3.59. The molecule has 122 valence electrons. The standard InChI is InChI=1S/C16H26N4O2/c1-5-13-11(2)18-20(12(13)3)10-15(21)19-9-7-6-8-14(19)16(22)17-4/h14H,5-10H2,1-4H3,(H,17,22)/t14-/m1/s1. The molecule has 1 aromatic rings. The largest absolute Gasteiger partial charge is 0.357 e. The summed E-state index contributed by atoms with van der Waals surface area (Å²) in [7, 11) is 1.62. The second-order valence-corrected chi connectivity index (χ2v) is 5.87. The number of hydrogen-bond donors (Lipinski definition) is 1. The van der Waals surface area contributed by atoms with Crippen molar-refractivity contribution in [1.29, 1.82) is 0 Å². The Hall–Kier alpha value is -1.85. The molecule has 1 aromatic heterocycles. The minimum Gasteiger partial charge on any atom is -0.357 e. The maximum atomic E-state index is 12.6. The van der Waals surface area contributed by atoms with Crippen LogP contribution in [0.4, 0.5) is 0 Å². The number of hydrogen-bond acceptors (Lipinski definition) is 3. The highest BCUT2D eigenvalue weighted by Gasteiger charge is 2.31. The van der Waals surface area contributed by atoms with Gasteiger partial charge in [0.2, 0.25) is 11.8 Å². The summed E-state index contributed by atoms with van der Waals surface area (Å²) in [4.78, 5) is 26.3. The molecule has 6 heteroatoms. The topological polar surface area (TPSA) is 67.2 Å². The molecule has 2 heterocycles. The smallest absolute Gasteiger partial charge is 0.244 e. The molecule has 1 fully saturated rings. The molecule has 1 saturated heterocycles. The summed E-state index contributed by atoms with van der Waals surface area (Å²) < 4.78 is 1.77. The maximum absolute atomic E-state index is 12.6. The zero-order chi connectivity index (χ0) is 16.3. The summed E-state index contributed by atoms with van der Waals surface area (Å²) in [5, 5.41) is 7.14. The van der Waals surface area contributed by atoms with Crippen molar-refractivity contribution in [3.8, 4) is 0 Å². The number of aromatic nitrogens is 2. The maximum Gasteiger partial charge on any atom is 0.244 e. The number of carbonyl (C=O) groups is 2. The monoisotopic (exact) mass is 306 g/mol. The van der Waals surface area contributed by atoms with E-state index >= 15 is 0 Å². The van der Waals surface area contributed by atoms with Crippen molar-refractivity contribution in [2.45, 2.75) is 59.0 Å². The van der Waals surface area contributed by atoms with Gasteiger partial charge in [-0.05, 0) is 45.1 Å². The van der Waals surface area contributed by atoms with E-state index in [2.05, 4.69) is 17.3 Å². The normalized spacial score (nSPS) is 18.4. The number of nitrogens with zero attached hydrogens (tertiary/aromatic N) is 3. The molecule has 0 aromatic carbocycles. The average molecular weight is 306 g/mol. The second kappa shape index (κ2) is 6.94. The van der Waals surface area contributed by atoms with Crippen LogP contribution < -0.4 is 5.32 Å². The van der Waals surface area contributed by atoms with Gasteiger partial charge in [-0.15, -0.1) is 0 Å². The molecule has 2 amide bonds. The number of carbonyl (C=O) groups excluding carboxylic acids is 2. The highest BCUT2D eigenvalue weighted by atomic mass is 16.2. The number of likely N-dealkylation sites (N-methyl/N-ethyl adjacent to an activating group) is 1. The predicted octanol–water partition coefficient (Wildman–Crippen LogP) is 1.19. The summed E-state index contributed by atoms with van der Waals surface area (Å²) in [6, 6.07) is -0.339. The molecule has 1 aliphatic heterocycles. The van der Waals surface area contributed by atoms with Gasteiger partial charge < -0.3 is 10.2 Å². The molecule has 0 unspecified atom stereocenters. The number of rotatable bonds is 4. The van der Waals surface area contributed by atoms with E-state index in [-0.39, 0.29) is 24.4 Å². The molecule has 1 aliphatic rings. The lowest BCUT2D eigenvalue weighted by Gasteiger charge is -2.34. The molecule has 1 atom stereocenters. The van der Waals surface area contributed by atoms with Gasteiger partial charge in [0.1, 0.15) is 12.6 Å². The van der Waals surface area contributed by atoms with E-state index in [1.807, 2.05) is 13.8 Å². The lowest BCUT2D eigenvalue weighted by Crippen LogP contribution is -2.52. The van der Waals surface area contributed by atoms with Crippen molar-refractivity contribution in [3.05, 3.63) is 17.0 Å². The first-order valence-corrected chi connectivity index (χ1v) is 8.03. The Morgan fingerprint density at radius 3 is 2.64 bits per heavy atom. The molecule has 0 saturated carbocycles. The number of piperidine rings is 1. The fourth-order valence-corrected chi connectivity index (χ4v) is 3.29. The zero-order valence-corrected chi connectivity index (χ0v) is 14.0. The van der Waals surface area contributed by atoms with Crippen molar-refractivity contribution in [1.82, 2.24) is 20.0 Å². The predicted molar refractivity (Wildman–Crippen MR) is 84.5 cm³/mol. The second-order valence-electron chi connectivity index (χ2n) is 5.87. The third kappa shape index (κ3) is 3.15. The van der Waals surface area contributed by atoms with Gasteiger partial charge in [-0.25, -0.2) is 0 Å². The van der Waals surface area contributed by atoms with E-state index in [4.69, 9.17) is 0 Å². The van der Waals surface area contributed by atoms with Crippen molar-refractivity contribution >= 4 is 11.8 Å². The van der Waals surface area contributed by atoms with Crippen LogP contribution in [-0.4, -0.2) is 46.1 Å². The fraction of sp³-hybridized carbons (Fsp3) is 0.688. The summed E-state index contributed by atoms with van der Waals surface area (Å²) in [5.41, 5.74) is 3.23. The Kier molecular flexibility index (Phi) is 5.21. The molecule has 22 heavy (non-hydrogen) atoms. The Balaban J connectivity index is 2.15. The SMILES string of the molecule is CCc1c(C)nn(CC(=O)N2CCCC[C@@H]2C(=O)NC)c1C. The van der Waals surface area contributed by atoms with Crippen LogP contribution in [0.5, 0.6) is 0 Å². The Morgan fingerprint density at radius 1 is 1.32 bits per heavy atom. The molecule has 0 aliphatic carbocycles. The van der Waals surface area contributed by atoms with E-state index in [9.17, 15) is 9.59 Å². The van der Waals surface area contributed by atoms with Crippen LogP contribution in [0, 0.1) is 13.8 Å². The first kappa shape index (κ1) is 16.5. The zero-order valence-electron chi connectivity index (χ0n) is 14.0. The first-order chi connectivity index (χ1) is 10.5. The average Bonchev–Trinajstić information content (AvgIpc) is 2.79. The molecule has 1 N–H and O–H groups in total. The van der Waals surface area contributed by atoms with Crippen LogP contribution >= 0.6 is 0 Å². The number of aryl methyl sites for hydroxylation is 1. The summed E-state index contributed by atoms with van der Waals surface area (Å²) >= 11 is 0. The first-order valence-electron chi connectivity index (χ1n) is 8.03. The molecule has 0 bridgehead atoms. The molecular weight excluding hydrogens is 280 g/mol. The molecule has 6 nitrogen and oxygen atoms in total. The van der Waals surface area contributed by atoms with Crippen LogP contribution in [0.15, 0.2) is 0 Å². The minimum atomic E-state index is -0.339. The molecule has 2 rings (SSSR count). The number of nitrogens with one attached hydrogen (secondary N) is 1. The van der Waals surface area contributed by atoms with Crippen molar-refractivity contribution in [2.24, 2.45) is 0 Å². The van der Waals surface area contributed by atoms with Crippen molar-refractivity contribution < 1.29 is 9.59 Å². The van der Waals surface area contributed by atoms with Gasteiger partial charge in [0, 0.05) is 19.3 Å². The quantitative estimate of drug-likeness (QED) is 0.908. The highest BCUT2D eigenvalue weighted by molar-refractivity contribution is 5.87. The van der Waals surface area contributed by atoms with E-state index in [0.29, 0.717) is 6.54 Å². The van der Waals surface area contributed by atoms with Crippen molar-refractivity contribution in [3.63, 3.8) is 0 Å². The molecule has 0 spiro atoms. The van der Waals surface area contributed by atoms with Gasteiger partial charge in [0.05, 0.1) is 5.69 Å². The van der Waals surface area contributed by atoms with Crippen LogP contribution in [0.1, 0.15) is 43.1 Å². The van der Waals surface area contributed by atoms with Gasteiger partial charge in [-0.1, -0.05) is 6.92 Å². The molecule has 0 radical (unpaired) electrons. The van der Waals surface area contributed by atoms with Crippen LogP contribution in [0.3, 0.4) is 0 Å². The van der Waals surface area contributed by atoms with Gasteiger partial charge in [0.25, 0.3) is 0 Å². The minimum absolute atomic E-state index is 0.0263. The lowest BCUT2D eigenvalue weighted by molar-refractivity contribution is -0.142. The number of likely N-dealkylation sites (tertiary alicyclic amines) is 1. The Bertz CT molecular complexity index is 565. The van der Waals surface area contributed by atoms with Crippen LogP contribution in [0.25, 0.3) is 0 Å². The van der Waals surface area contributed by atoms with Crippen LogP contribution in [0.2, 0.25) is 0 Å². The molecular formula is C16H26N4O2. The Morgan fingerprint density at radius 2 is 2.05 bits per heavy atom. The van der Waals surface area contributed by atoms with Crippen molar-refractivity contribution in [2.75, 3.05) is 13.6 Å². The third-order valence-electron chi connectivity index (χ3n) is 4.54. The summed E-state index contributed by atoms with van der Waals surface area (Å²) in [5.74, 6) is -0.0998. The van der Waals surface area contributed by atoms with E-state index in [1.54, 1.807) is 16.6 Å². The van der Waals surface area contributed by atoms with E-state index < -0.39 is 0 Å². The van der Waals surface area contributed by atoms with Gasteiger partial charge in [-0.2, -0.15) is 5.10 Å². The van der Waals surface area contributed by atoms with Gasteiger partial charge in [0.15, 0.2) is 0 Å². The Labute approximate surface area is 131 Å². The lowest BCUT2D eigenvalue weighted by atomic mass is 10.0. The highest BCUT2D eigenvalue weighted by Crippen LogP contribution is 2.19. The summed E-state index contributed by atoms with van der Waals surface area (Å²) in [6.45, 7) is 6.92.